The Balaban J connectivity index is 1.63. The first-order valence-electron chi connectivity index (χ1n) is 8.52. The van der Waals surface area contributed by atoms with Gasteiger partial charge in [0.2, 0.25) is 0 Å². The summed E-state index contributed by atoms with van der Waals surface area (Å²) in [5.74, 6) is -0.343. The van der Waals surface area contributed by atoms with E-state index in [1.54, 1.807) is 0 Å². The summed E-state index contributed by atoms with van der Waals surface area (Å²) in [6, 6.07) is 4.41. The Labute approximate surface area is 155 Å². The fourth-order valence-corrected chi connectivity index (χ4v) is 4.19. The van der Waals surface area contributed by atoms with E-state index in [4.69, 9.17) is 0 Å². The van der Waals surface area contributed by atoms with Gasteiger partial charge in [-0.15, -0.1) is 11.3 Å². The van der Waals surface area contributed by atoms with E-state index in [0.717, 1.165) is 19.3 Å². The van der Waals surface area contributed by atoms with Crippen molar-refractivity contribution < 1.29 is 9.59 Å². The molecular weight excluding hydrogens is 352 g/mol. The van der Waals surface area contributed by atoms with Crippen LogP contribution in [0.3, 0.4) is 0 Å². The second-order valence-corrected chi connectivity index (χ2v) is 8.72. The number of hydrogen-bond acceptors (Lipinski definition) is 5. The molecule has 3 rings (SSSR count). The highest BCUT2D eigenvalue weighted by Gasteiger charge is 2.30. The maximum atomic E-state index is 12.3. The molecule has 1 aliphatic carbocycles. The summed E-state index contributed by atoms with van der Waals surface area (Å²) in [5, 5.41) is 5.79. The summed E-state index contributed by atoms with van der Waals surface area (Å²) in [6.45, 7) is 6.76. The van der Waals surface area contributed by atoms with Crippen molar-refractivity contribution in [2.24, 2.45) is 11.3 Å². The molecule has 0 saturated heterocycles. The summed E-state index contributed by atoms with van der Waals surface area (Å²) in [5.41, 5.74) is 5.82. The highest BCUT2D eigenvalue weighted by molar-refractivity contribution is 7.14. The molecule has 0 aliphatic heterocycles. The van der Waals surface area contributed by atoms with Gasteiger partial charge in [0, 0.05) is 10.9 Å². The Kier molecular flexibility index (Phi) is 4.95. The molecule has 2 aromatic rings. The molecule has 0 aromatic carbocycles. The Morgan fingerprint density at radius 3 is 2.62 bits per heavy atom. The Morgan fingerprint density at radius 2 is 1.96 bits per heavy atom. The van der Waals surface area contributed by atoms with E-state index in [-0.39, 0.29) is 17.0 Å². The van der Waals surface area contributed by atoms with Crippen LogP contribution in [0.2, 0.25) is 0 Å². The van der Waals surface area contributed by atoms with E-state index in [9.17, 15) is 14.4 Å². The quantitative estimate of drug-likeness (QED) is 0.700. The molecule has 2 heterocycles. The number of carbonyl (C=O) groups excluding carboxylic acids is 2. The first-order chi connectivity index (χ1) is 12.2. The number of nitrogens with zero attached hydrogens (tertiary/aromatic N) is 1. The van der Waals surface area contributed by atoms with E-state index in [1.165, 1.54) is 33.9 Å². The van der Waals surface area contributed by atoms with Gasteiger partial charge in [-0.1, -0.05) is 20.8 Å². The van der Waals surface area contributed by atoms with Crippen molar-refractivity contribution in [3.8, 4) is 0 Å². The third-order valence-corrected chi connectivity index (χ3v) is 5.97. The lowest BCUT2D eigenvalue weighted by atomic mass is 9.72. The Hall–Kier alpha value is -2.48. The highest BCUT2D eigenvalue weighted by atomic mass is 32.1. The molecule has 0 radical (unpaired) electrons. The lowest BCUT2D eigenvalue weighted by Crippen LogP contribution is -2.41. The average molecular weight is 374 g/mol. The molecule has 1 unspecified atom stereocenters. The van der Waals surface area contributed by atoms with Crippen molar-refractivity contribution in [2.75, 3.05) is 0 Å². The van der Waals surface area contributed by atoms with Crippen molar-refractivity contribution in [1.82, 2.24) is 21.0 Å². The summed E-state index contributed by atoms with van der Waals surface area (Å²) >= 11 is 1.48. The van der Waals surface area contributed by atoms with Gasteiger partial charge in [0.25, 0.3) is 17.4 Å². The van der Waals surface area contributed by atoms with Gasteiger partial charge in [-0.25, -0.2) is 5.10 Å². The molecule has 2 aromatic heterocycles. The van der Waals surface area contributed by atoms with Crippen molar-refractivity contribution in [2.45, 2.75) is 40.0 Å². The monoisotopic (exact) mass is 374 g/mol. The van der Waals surface area contributed by atoms with Crippen molar-refractivity contribution in [3.63, 3.8) is 0 Å². The Morgan fingerprint density at radius 1 is 1.23 bits per heavy atom. The summed E-state index contributed by atoms with van der Waals surface area (Å²) < 4.78 is 0. The molecule has 0 saturated carbocycles. The lowest BCUT2D eigenvalue weighted by molar-refractivity contribution is 0.0845. The summed E-state index contributed by atoms with van der Waals surface area (Å²) in [7, 11) is 0. The number of carbonyl (C=O) groups is 2. The van der Waals surface area contributed by atoms with Gasteiger partial charge in [-0.2, -0.15) is 5.10 Å². The number of H-pyrrole nitrogens is 1. The zero-order valence-electron chi connectivity index (χ0n) is 15.0. The second kappa shape index (κ2) is 7.03. The molecule has 0 bridgehead atoms. The molecule has 0 fully saturated rings. The second-order valence-electron chi connectivity index (χ2n) is 7.58. The summed E-state index contributed by atoms with van der Waals surface area (Å²) in [6.07, 6.45) is 3.10. The van der Waals surface area contributed by atoms with Crippen molar-refractivity contribution >= 4 is 23.2 Å². The molecule has 26 heavy (non-hydrogen) atoms. The first-order valence-corrected chi connectivity index (χ1v) is 9.33. The van der Waals surface area contributed by atoms with Gasteiger partial charge in [-0.05, 0) is 48.3 Å². The van der Waals surface area contributed by atoms with E-state index in [2.05, 4.69) is 41.8 Å². The zero-order valence-corrected chi connectivity index (χ0v) is 15.8. The van der Waals surface area contributed by atoms with E-state index >= 15 is 0 Å². The fraction of sp³-hybridized carbons (Fsp3) is 0.444. The molecule has 7 nitrogen and oxygen atoms in total. The number of hydrazine groups is 1. The predicted molar refractivity (Wildman–Crippen MR) is 99.1 cm³/mol. The number of amides is 2. The lowest BCUT2D eigenvalue weighted by Gasteiger charge is -2.33. The number of nitrogens with one attached hydrogen (secondary N) is 3. The highest BCUT2D eigenvalue weighted by Crippen LogP contribution is 2.39. The number of hydrogen-bond donors (Lipinski definition) is 3. The van der Waals surface area contributed by atoms with Crippen LogP contribution in [0.15, 0.2) is 23.0 Å². The number of aromatic nitrogens is 2. The third-order valence-electron chi connectivity index (χ3n) is 4.73. The molecular formula is C18H22N4O3S. The molecule has 1 atom stereocenters. The van der Waals surface area contributed by atoms with Crippen LogP contribution in [0.25, 0.3) is 0 Å². The normalized spacial score (nSPS) is 16.7. The minimum atomic E-state index is -0.594. The zero-order chi connectivity index (χ0) is 18.9. The van der Waals surface area contributed by atoms with Crippen LogP contribution < -0.4 is 16.4 Å². The van der Waals surface area contributed by atoms with Gasteiger partial charge in [0.1, 0.15) is 0 Å². The minimum Gasteiger partial charge on any atom is -0.268 e. The molecule has 2 amide bonds. The minimum absolute atomic E-state index is 0.0170. The largest absolute Gasteiger partial charge is 0.290 e. The van der Waals surface area contributed by atoms with Gasteiger partial charge in [0.15, 0.2) is 5.69 Å². The SMILES string of the molecule is CC(C)(C)C1CCc2sc(C(=O)NNC(=O)c3ccc(=O)[nH]n3)cc2C1. The van der Waals surface area contributed by atoms with Crippen LogP contribution in [0.1, 0.15) is 57.8 Å². The maximum absolute atomic E-state index is 12.3. The summed E-state index contributed by atoms with van der Waals surface area (Å²) in [4.78, 5) is 37.1. The first kappa shape index (κ1) is 18.3. The molecule has 1 aliphatic rings. The fourth-order valence-electron chi connectivity index (χ4n) is 3.08. The van der Waals surface area contributed by atoms with Crippen LogP contribution in [0.4, 0.5) is 0 Å². The number of aryl methyl sites for hydroxylation is 1. The average Bonchev–Trinajstić information content (AvgIpc) is 3.02. The Bertz CT molecular complexity index is 874. The van der Waals surface area contributed by atoms with E-state index in [0.29, 0.717) is 10.8 Å². The van der Waals surface area contributed by atoms with Crippen LogP contribution >= 0.6 is 11.3 Å². The number of thiophene rings is 1. The topological polar surface area (TPSA) is 104 Å². The van der Waals surface area contributed by atoms with Crippen LogP contribution in [0.5, 0.6) is 0 Å². The third kappa shape index (κ3) is 4.01. The van der Waals surface area contributed by atoms with Gasteiger partial charge >= 0.3 is 0 Å². The van der Waals surface area contributed by atoms with Crippen molar-refractivity contribution in [3.05, 3.63) is 49.6 Å². The van der Waals surface area contributed by atoms with Gasteiger partial charge in [0.05, 0.1) is 4.88 Å². The number of rotatable bonds is 2. The van der Waals surface area contributed by atoms with Gasteiger partial charge in [-0.3, -0.25) is 25.2 Å². The van der Waals surface area contributed by atoms with Crippen LogP contribution in [0, 0.1) is 11.3 Å². The molecule has 138 valence electrons. The maximum Gasteiger partial charge on any atom is 0.290 e. The van der Waals surface area contributed by atoms with Gasteiger partial charge < -0.3 is 0 Å². The number of fused-ring (bicyclic) bond motifs is 1. The van der Waals surface area contributed by atoms with E-state index in [1.807, 2.05) is 6.07 Å². The van der Waals surface area contributed by atoms with Crippen LogP contribution in [-0.2, 0) is 12.8 Å². The van der Waals surface area contributed by atoms with E-state index < -0.39 is 11.5 Å². The smallest absolute Gasteiger partial charge is 0.268 e. The number of aromatic amines is 1. The molecule has 0 spiro atoms. The predicted octanol–water partition coefficient (Wildman–Crippen LogP) is 2.06. The molecule has 8 heteroatoms. The standard InChI is InChI=1S/C18H22N4O3S/c1-18(2,3)11-4-6-13-10(8-11)9-14(26-13)17(25)22-21-16(24)12-5-7-15(23)20-19-12/h5,7,9,11H,4,6,8H2,1-3H3,(H,20,23)(H,21,24)(H,22,25). The van der Waals surface area contributed by atoms with Crippen LogP contribution in [-0.4, -0.2) is 22.0 Å². The van der Waals surface area contributed by atoms with Crippen molar-refractivity contribution in [1.29, 1.82) is 0 Å². The molecule has 3 N–H and O–H groups in total.